The van der Waals surface area contributed by atoms with Crippen LogP contribution in [0.15, 0.2) is 197 Å². The molecule has 1 fully saturated rings. The summed E-state index contributed by atoms with van der Waals surface area (Å²) in [5.41, 5.74) is 10.9. The molecule has 3 heterocycles. The number of rotatable bonds is 6. The van der Waals surface area contributed by atoms with Crippen LogP contribution in [0.2, 0.25) is 0 Å². The third-order valence-electron chi connectivity index (χ3n) is 13.2. The van der Waals surface area contributed by atoms with Crippen LogP contribution in [0.3, 0.4) is 0 Å². The van der Waals surface area contributed by atoms with E-state index >= 15 is 0 Å². The Morgan fingerprint density at radius 1 is 0.741 bits per heavy atom. The van der Waals surface area contributed by atoms with Gasteiger partial charge in [0.05, 0.1) is 22.8 Å². The molecule has 5 aliphatic rings. The van der Waals surface area contributed by atoms with Crippen molar-refractivity contribution in [2.45, 2.75) is 50.0 Å². The van der Waals surface area contributed by atoms with E-state index in [1.807, 2.05) is 0 Å². The van der Waals surface area contributed by atoms with Crippen LogP contribution in [0.1, 0.15) is 43.5 Å². The van der Waals surface area contributed by atoms with Gasteiger partial charge < -0.3 is 14.2 Å². The molecule has 2 aliphatic heterocycles. The zero-order chi connectivity index (χ0) is 38.8. The quantitative estimate of drug-likeness (QED) is 0.170. The lowest BCUT2D eigenvalue weighted by Gasteiger charge is -2.39. The number of aromatic nitrogens is 1. The van der Waals surface area contributed by atoms with Gasteiger partial charge in [-0.3, -0.25) is 0 Å². The summed E-state index contributed by atoms with van der Waals surface area (Å²) >= 11 is 0. The summed E-state index contributed by atoms with van der Waals surface area (Å²) < 4.78 is 9.65. The van der Waals surface area contributed by atoms with Crippen LogP contribution in [0.5, 0.6) is 0 Å². The van der Waals surface area contributed by atoms with Gasteiger partial charge in [0.2, 0.25) is 0 Å². The van der Waals surface area contributed by atoms with Crippen molar-refractivity contribution in [3.63, 3.8) is 0 Å². The maximum Gasteiger partial charge on any atom is 0.159 e. The maximum absolute atomic E-state index is 7.20. The Bertz CT molecular complexity index is 2790. The number of amidine groups is 2. The Hall–Kier alpha value is -6.30. The van der Waals surface area contributed by atoms with E-state index in [0.717, 1.165) is 42.1 Å². The molecule has 6 atom stereocenters. The smallest absolute Gasteiger partial charge is 0.159 e. The Kier molecular flexibility index (Phi) is 8.40. The molecular formula is C53H46N4O. The van der Waals surface area contributed by atoms with E-state index in [2.05, 4.69) is 199 Å². The SMILES string of the molecule is CN1C(C2=CCCC(C)(c3ccccc3)C2)=NC(C2=CC3OC4C(n5c6ccccc6c6ccc(-c7ccccc7)cc65)=CC=CC4C3C=C2)=NC1c1ccccc1. The minimum atomic E-state index is -0.192. The monoisotopic (exact) mass is 754 g/mol. The van der Waals surface area contributed by atoms with Gasteiger partial charge in [-0.1, -0.05) is 159 Å². The second kappa shape index (κ2) is 14.0. The Labute approximate surface area is 340 Å². The van der Waals surface area contributed by atoms with E-state index in [1.165, 1.54) is 49.8 Å². The molecule has 0 bridgehead atoms. The molecule has 1 aromatic heterocycles. The van der Waals surface area contributed by atoms with Gasteiger partial charge in [0.25, 0.3) is 0 Å². The first-order valence-corrected chi connectivity index (χ1v) is 20.7. The molecule has 0 N–H and O–H groups in total. The van der Waals surface area contributed by atoms with Crippen molar-refractivity contribution in [2.24, 2.45) is 21.8 Å². The number of aliphatic imine (C=N–C) groups is 2. The lowest BCUT2D eigenvalue weighted by atomic mass is 9.70. The average molecular weight is 755 g/mol. The first-order valence-electron chi connectivity index (χ1n) is 20.7. The van der Waals surface area contributed by atoms with E-state index in [1.54, 1.807) is 0 Å². The van der Waals surface area contributed by atoms with Gasteiger partial charge in [0.15, 0.2) is 5.84 Å². The van der Waals surface area contributed by atoms with Gasteiger partial charge in [-0.2, -0.15) is 0 Å². The third-order valence-corrected chi connectivity index (χ3v) is 13.2. The number of hydrogen-bond acceptors (Lipinski definition) is 4. The van der Waals surface area contributed by atoms with Crippen molar-refractivity contribution in [3.05, 3.63) is 198 Å². The van der Waals surface area contributed by atoms with Gasteiger partial charge in [0, 0.05) is 35.2 Å². The van der Waals surface area contributed by atoms with Crippen molar-refractivity contribution in [3.8, 4) is 11.1 Å². The fraction of sp³-hybridized carbons (Fsp3) is 0.208. The fourth-order valence-corrected chi connectivity index (χ4v) is 10.2. The average Bonchev–Trinajstić information content (AvgIpc) is 3.82. The highest BCUT2D eigenvalue weighted by Gasteiger charge is 2.46. The number of benzene rings is 5. The van der Waals surface area contributed by atoms with Crippen LogP contribution in [0, 0.1) is 11.8 Å². The van der Waals surface area contributed by atoms with Gasteiger partial charge in [0.1, 0.15) is 18.1 Å². The Morgan fingerprint density at radius 3 is 2.31 bits per heavy atom. The van der Waals surface area contributed by atoms with Gasteiger partial charge in [-0.05, 0) is 76.8 Å². The molecule has 0 radical (unpaired) electrons. The van der Waals surface area contributed by atoms with Gasteiger partial charge >= 0.3 is 0 Å². The predicted octanol–water partition coefficient (Wildman–Crippen LogP) is 11.9. The zero-order valence-electron chi connectivity index (χ0n) is 32.9. The number of ether oxygens (including phenoxy) is 1. The maximum atomic E-state index is 7.20. The van der Waals surface area contributed by atoms with Crippen LogP contribution in [-0.4, -0.2) is 40.4 Å². The third kappa shape index (κ3) is 5.79. The minimum absolute atomic E-state index is 0.0368. The van der Waals surface area contributed by atoms with E-state index in [9.17, 15) is 0 Å². The van der Waals surface area contributed by atoms with Crippen molar-refractivity contribution in [1.82, 2.24) is 9.47 Å². The predicted molar refractivity (Wildman–Crippen MR) is 239 cm³/mol. The number of fused-ring (bicyclic) bond motifs is 6. The summed E-state index contributed by atoms with van der Waals surface area (Å²) in [6.45, 7) is 2.41. The van der Waals surface area contributed by atoms with E-state index in [4.69, 9.17) is 14.7 Å². The van der Waals surface area contributed by atoms with Crippen molar-refractivity contribution in [2.75, 3.05) is 7.05 Å². The summed E-state index contributed by atoms with van der Waals surface area (Å²) in [7, 11) is 2.15. The van der Waals surface area contributed by atoms with Crippen LogP contribution < -0.4 is 0 Å². The molecule has 58 heavy (non-hydrogen) atoms. The number of hydrogen-bond donors (Lipinski definition) is 0. The van der Waals surface area contributed by atoms with Crippen LogP contribution in [-0.2, 0) is 10.2 Å². The summed E-state index contributed by atoms with van der Waals surface area (Å²) in [5, 5.41) is 2.50. The highest BCUT2D eigenvalue weighted by atomic mass is 16.5. The number of allylic oxidation sites excluding steroid dienone is 3. The number of para-hydroxylation sites is 1. The molecule has 0 spiro atoms. The van der Waals surface area contributed by atoms with E-state index in [0.29, 0.717) is 0 Å². The summed E-state index contributed by atoms with van der Waals surface area (Å²) in [5.74, 6) is 2.18. The van der Waals surface area contributed by atoms with Gasteiger partial charge in [-0.25, -0.2) is 9.98 Å². The summed E-state index contributed by atoms with van der Waals surface area (Å²) in [4.78, 5) is 13.1. The van der Waals surface area contributed by atoms with Crippen molar-refractivity contribution >= 4 is 39.2 Å². The number of nitrogens with zero attached hydrogens (tertiary/aromatic N) is 4. The Balaban J connectivity index is 0.955. The normalized spacial score (nSPS) is 26.4. The van der Waals surface area contributed by atoms with Crippen LogP contribution in [0.4, 0.5) is 0 Å². The summed E-state index contributed by atoms with van der Waals surface area (Å²) in [6.07, 6.45) is 18.8. The fourth-order valence-electron chi connectivity index (χ4n) is 10.2. The topological polar surface area (TPSA) is 42.1 Å². The molecule has 1 saturated heterocycles. The molecule has 11 rings (SSSR count). The molecule has 6 unspecified atom stereocenters. The second-order valence-electron chi connectivity index (χ2n) is 16.7. The summed E-state index contributed by atoms with van der Waals surface area (Å²) in [6, 6.07) is 47.9. The lowest BCUT2D eigenvalue weighted by Crippen LogP contribution is -2.39. The molecule has 5 nitrogen and oxygen atoms in total. The number of likely N-dealkylation sites (N-methyl/N-ethyl adjacent to an activating group) is 1. The lowest BCUT2D eigenvalue weighted by molar-refractivity contribution is 0.0912. The molecule has 0 amide bonds. The molecule has 0 saturated carbocycles. The van der Waals surface area contributed by atoms with E-state index in [-0.39, 0.29) is 35.6 Å². The van der Waals surface area contributed by atoms with Crippen molar-refractivity contribution in [1.29, 1.82) is 0 Å². The highest BCUT2D eigenvalue weighted by Crippen LogP contribution is 2.47. The first-order chi connectivity index (χ1) is 28.5. The molecule has 3 aliphatic carbocycles. The molecular weight excluding hydrogens is 709 g/mol. The Morgan fingerprint density at radius 2 is 1.48 bits per heavy atom. The first kappa shape index (κ1) is 34.9. The van der Waals surface area contributed by atoms with Crippen molar-refractivity contribution < 1.29 is 4.74 Å². The standard InChI is InChI=1S/C53H46N4O/c1-53(40-21-10-5-11-22-40)31-15-20-39(34-53)52-55-50(54-51(56(52)2)36-18-8-4-9-19-36)38-28-30-43-44-24-14-26-46(49(44)58-48(43)33-38)57-45-25-13-12-23-41(45)42-29-27-37(32-47(42)57)35-16-6-3-7-17-35/h3-14,16-30,32-33,43-44,48-49,51H,15,31,34H2,1-2H3. The largest absolute Gasteiger partial charge is 0.363 e. The molecule has 6 aromatic rings. The van der Waals surface area contributed by atoms with Crippen LogP contribution >= 0.6 is 0 Å². The van der Waals surface area contributed by atoms with Gasteiger partial charge in [-0.15, -0.1) is 0 Å². The zero-order valence-corrected chi connectivity index (χ0v) is 32.9. The van der Waals surface area contributed by atoms with Crippen LogP contribution in [0.25, 0.3) is 38.6 Å². The van der Waals surface area contributed by atoms with E-state index < -0.39 is 0 Å². The second-order valence-corrected chi connectivity index (χ2v) is 16.7. The molecule has 284 valence electrons. The highest BCUT2D eigenvalue weighted by molar-refractivity contribution is 6.14. The molecule has 5 heteroatoms. The minimum Gasteiger partial charge on any atom is -0.363 e. The molecule has 5 aromatic carbocycles.